The summed E-state index contributed by atoms with van der Waals surface area (Å²) in [5.41, 5.74) is 2.12. The highest BCUT2D eigenvalue weighted by Crippen LogP contribution is 2.28. The fourth-order valence-corrected chi connectivity index (χ4v) is 3.37. The molecule has 1 atom stereocenters. The van der Waals surface area contributed by atoms with E-state index in [1.165, 1.54) is 6.07 Å². The van der Waals surface area contributed by atoms with Gasteiger partial charge in [0.2, 0.25) is 5.91 Å². The summed E-state index contributed by atoms with van der Waals surface area (Å²) in [6.45, 7) is 6.79. The summed E-state index contributed by atoms with van der Waals surface area (Å²) >= 11 is 0. The first-order valence-electron chi connectivity index (χ1n) is 9.18. The lowest BCUT2D eigenvalue weighted by Crippen LogP contribution is -2.53. The van der Waals surface area contributed by atoms with Crippen molar-refractivity contribution in [1.82, 2.24) is 4.90 Å². The number of halogens is 1. The molecule has 27 heavy (non-hydrogen) atoms. The third kappa shape index (κ3) is 4.39. The van der Waals surface area contributed by atoms with Crippen LogP contribution in [0.15, 0.2) is 42.5 Å². The summed E-state index contributed by atoms with van der Waals surface area (Å²) in [6, 6.07) is 12.4. The van der Waals surface area contributed by atoms with Gasteiger partial charge >= 0.3 is 0 Å². The molecular formula is C21H26FN3O2. The van der Waals surface area contributed by atoms with Gasteiger partial charge in [-0.05, 0) is 43.7 Å². The summed E-state index contributed by atoms with van der Waals surface area (Å²) in [6.07, 6.45) is 0. The summed E-state index contributed by atoms with van der Waals surface area (Å²) in [5, 5.41) is 2.71. The van der Waals surface area contributed by atoms with E-state index >= 15 is 0 Å². The van der Waals surface area contributed by atoms with Crippen LogP contribution in [0.1, 0.15) is 12.5 Å². The first-order valence-corrected chi connectivity index (χ1v) is 9.18. The van der Waals surface area contributed by atoms with E-state index in [1.807, 2.05) is 38.1 Å². The van der Waals surface area contributed by atoms with Gasteiger partial charge in [0.25, 0.3) is 0 Å². The molecule has 6 heteroatoms. The molecule has 2 aromatic carbocycles. The second kappa shape index (κ2) is 8.39. The zero-order chi connectivity index (χ0) is 19.4. The van der Waals surface area contributed by atoms with E-state index in [2.05, 4.69) is 15.1 Å². The smallest absolute Gasteiger partial charge is 0.241 e. The molecule has 1 N–H and O–H groups in total. The van der Waals surface area contributed by atoms with Gasteiger partial charge in [-0.3, -0.25) is 9.69 Å². The lowest BCUT2D eigenvalue weighted by Gasteiger charge is -2.38. The predicted molar refractivity (Wildman–Crippen MR) is 106 cm³/mol. The number of hydrogen-bond acceptors (Lipinski definition) is 4. The summed E-state index contributed by atoms with van der Waals surface area (Å²) in [5.74, 6) is 0.256. The van der Waals surface area contributed by atoms with Crippen LogP contribution < -0.4 is 15.0 Å². The fraction of sp³-hybridized carbons (Fsp3) is 0.381. The van der Waals surface area contributed by atoms with Crippen molar-refractivity contribution in [1.29, 1.82) is 0 Å². The van der Waals surface area contributed by atoms with Crippen LogP contribution in [0, 0.1) is 12.7 Å². The van der Waals surface area contributed by atoms with E-state index in [0.29, 0.717) is 0 Å². The molecular weight excluding hydrogens is 345 g/mol. The zero-order valence-corrected chi connectivity index (χ0v) is 16.0. The number of benzene rings is 2. The Morgan fingerprint density at radius 3 is 2.52 bits per heavy atom. The normalized spacial score (nSPS) is 16.1. The van der Waals surface area contributed by atoms with E-state index in [4.69, 9.17) is 4.74 Å². The lowest BCUT2D eigenvalue weighted by atomic mass is 10.1. The van der Waals surface area contributed by atoms with Gasteiger partial charge in [-0.2, -0.15) is 0 Å². The molecule has 0 bridgehead atoms. The Balaban J connectivity index is 1.59. The molecule has 1 heterocycles. The van der Waals surface area contributed by atoms with Crippen LogP contribution in [-0.4, -0.2) is 50.1 Å². The Bertz CT molecular complexity index is 804. The minimum absolute atomic E-state index is 0.191. The van der Waals surface area contributed by atoms with Crippen molar-refractivity contribution in [2.24, 2.45) is 0 Å². The van der Waals surface area contributed by atoms with Crippen molar-refractivity contribution in [2.45, 2.75) is 19.9 Å². The zero-order valence-electron chi connectivity index (χ0n) is 16.0. The number of aryl methyl sites for hydroxylation is 1. The molecule has 1 fully saturated rings. The number of carbonyl (C=O) groups excluding carboxylic acids is 1. The molecule has 0 radical (unpaired) electrons. The quantitative estimate of drug-likeness (QED) is 0.876. The molecule has 144 valence electrons. The summed E-state index contributed by atoms with van der Waals surface area (Å²) in [7, 11) is 1.67. The highest BCUT2D eigenvalue weighted by atomic mass is 19.1. The number of piperazine rings is 1. The number of amides is 1. The van der Waals surface area contributed by atoms with E-state index < -0.39 is 5.82 Å². The molecule has 0 aromatic heterocycles. The van der Waals surface area contributed by atoms with Crippen LogP contribution in [0.2, 0.25) is 0 Å². The van der Waals surface area contributed by atoms with Crippen molar-refractivity contribution in [3.05, 3.63) is 53.8 Å². The Labute approximate surface area is 159 Å². The molecule has 1 aliphatic heterocycles. The largest absolute Gasteiger partial charge is 0.495 e. The minimum Gasteiger partial charge on any atom is -0.495 e. The van der Waals surface area contributed by atoms with E-state index in [1.54, 1.807) is 19.2 Å². The summed E-state index contributed by atoms with van der Waals surface area (Å²) in [4.78, 5) is 16.9. The first kappa shape index (κ1) is 19.2. The third-order valence-electron chi connectivity index (χ3n) is 5.05. The number of nitrogens with zero attached hydrogens (tertiary/aromatic N) is 2. The highest BCUT2D eigenvalue weighted by molar-refractivity contribution is 5.94. The Kier molecular flexibility index (Phi) is 5.96. The molecule has 1 unspecified atom stereocenters. The van der Waals surface area contributed by atoms with Crippen molar-refractivity contribution < 1.29 is 13.9 Å². The van der Waals surface area contributed by atoms with Gasteiger partial charge in [-0.25, -0.2) is 4.39 Å². The van der Waals surface area contributed by atoms with Crippen LogP contribution >= 0.6 is 0 Å². The Morgan fingerprint density at radius 2 is 1.85 bits per heavy atom. The maximum absolute atomic E-state index is 14.0. The number of para-hydroxylation sites is 2. The molecule has 2 aromatic rings. The SMILES string of the molecule is COc1ccccc1N1CCN(C(C)C(=O)Nc2ccc(C)cc2F)CC1. The van der Waals surface area contributed by atoms with Crippen molar-refractivity contribution in [3.63, 3.8) is 0 Å². The second-order valence-electron chi connectivity index (χ2n) is 6.84. The Hall–Kier alpha value is -2.60. The molecule has 0 spiro atoms. The van der Waals surface area contributed by atoms with Crippen LogP contribution in [0.5, 0.6) is 5.75 Å². The number of carbonyl (C=O) groups is 1. The van der Waals surface area contributed by atoms with Crippen molar-refractivity contribution in [2.75, 3.05) is 43.5 Å². The van der Waals surface area contributed by atoms with Crippen LogP contribution in [-0.2, 0) is 4.79 Å². The van der Waals surface area contributed by atoms with E-state index in [9.17, 15) is 9.18 Å². The average molecular weight is 371 g/mol. The molecule has 1 saturated heterocycles. The molecule has 1 amide bonds. The van der Waals surface area contributed by atoms with Crippen LogP contribution in [0.3, 0.4) is 0 Å². The lowest BCUT2D eigenvalue weighted by molar-refractivity contribution is -0.120. The molecule has 5 nitrogen and oxygen atoms in total. The topological polar surface area (TPSA) is 44.8 Å². The Morgan fingerprint density at radius 1 is 1.15 bits per heavy atom. The molecule has 0 saturated carbocycles. The number of hydrogen-bond donors (Lipinski definition) is 1. The standard InChI is InChI=1S/C21H26FN3O2/c1-15-8-9-18(17(22)14-15)23-21(26)16(2)24-10-12-25(13-11-24)19-6-4-5-7-20(19)27-3/h4-9,14,16H,10-13H2,1-3H3,(H,23,26). The summed E-state index contributed by atoms with van der Waals surface area (Å²) < 4.78 is 19.4. The van der Waals surface area contributed by atoms with Gasteiger partial charge in [0, 0.05) is 26.2 Å². The van der Waals surface area contributed by atoms with E-state index in [-0.39, 0.29) is 17.6 Å². The number of rotatable bonds is 5. The van der Waals surface area contributed by atoms with Gasteiger partial charge in [0.05, 0.1) is 24.5 Å². The number of nitrogens with one attached hydrogen (secondary N) is 1. The van der Waals surface area contributed by atoms with Crippen LogP contribution in [0.25, 0.3) is 0 Å². The minimum atomic E-state index is -0.406. The maximum Gasteiger partial charge on any atom is 0.241 e. The number of ether oxygens (including phenoxy) is 1. The molecule has 3 rings (SSSR count). The van der Waals surface area contributed by atoms with Gasteiger partial charge in [0.15, 0.2) is 0 Å². The van der Waals surface area contributed by atoms with Gasteiger partial charge in [-0.1, -0.05) is 18.2 Å². The third-order valence-corrected chi connectivity index (χ3v) is 5.05. The van der Waals surface area contributed by atoms with Gasteiger partial charge < -0.3 is 15.0 Å². The number of anilines is 2. The average Bonchev–Trinajstić information content (AvgIpc) is 2.69. The second-order valence-corrected chi connectivity index (χ2v) is 6.84. The fourth-order valence-electron chi connectivity index (χ4n) is 3.37. The molecule has 0 aliphatic carbocycles. The van der Waals surface area contributed by atoms with Gasteiger partial charge in [0.1, 0.15) is 11.6 Å². The van der Waals surface area contributed by atoms with Gasteiger partial charge in [-0.15, -0.1) is 0 Å². The van der Waals surface area contributed by atoms with Crippen LogP contribution in [0.4, 0.5) is 15.8 Å². The van der Waals surface area contributed by atoms with Crippen molar-refractivity contribution in [3.8, 4) is 5.75 Å². The first-order chi connectivity index (χ1) is 13.0. The monoisotopic (exact) mass is 371 g/mol. The maximum atomic E-state index is 14.0. The highest BCUT2D eigenvalue weighted by Gasteiger charge is 2.27. The van der Waals surface area contributed by atoms with Crippen molar-refractivity contribution >= 4 is 17.3 Å². The molecule has 1 aliphatic rings. The van der Waals surface area contributed by atoms with E-state index in [0.717, 1.165) is 43.2 Å². The predicted octanol–water partition coefficient (Wildman–Crippen LogP) is 3.29. The number of methoxy groups -OCH3 is 1.